The summed E-state index contributed by atoms with van der Waals surface area (Å²) in [7, 11) is 1.62. The molecule has 0 spiro atoms. The molecular weight excluding hydrogens is 444 g/mol. The molecule has 162 valence electrons. The van der Waals surface area contributed by atoms with Crippen LogP contribution in [-0.2, 0) is 11.3 Å². The second-order valence-electron chi connectivity index (χ2n) is 6.86. The van der Waals surface area contributed by atoms with Gasteiger partial charge in [0.25, 0.3) is 0 Å². The summed E-state index contributed by atoms with van der Waals surface area (Å²) >= 11 is 7.40. The molecule has 1 aromatic heterocycles. The molecule has 1 N–H and O–H groups in total. The van der Waals surface area contributed by atoms with Crippen LogP contribution < -0.4 is 10.1 Å². The number of rotatable bonds is 8. The lowest BCUT2D eigenvalue weighted by molar-refractivity contribution is -0.118. The third kappa shape index (κ3) is 5.12. The summed E-state index contributed by atoms with van der Waals surface area (Å²) in [5, 5.41) is 12.9. The number of nitrogens with one attached hydrogen (secondary N) is 1. The van der Waals surface area contributed by atoms with Crippen LogP contribution in [0.2, 0.25) is 5.02 Å². The Morgan fingerprint density at radius 3 is 2.47 bits per heavy atom. The Kier molecular flexibility index (Phi) is 7.09. The zero-order valence-electron chi connectivity index (χ0n) is 17.4. The van der Waals surface area contributed by atoms with Gasteiger partial charge in [0.15, 0.2) is 11.0 Å². The highest BCUT2D eigenvalue weighted by molar-refractivity contribution is 7.99. The highest BCUT2D eigenvalue weighted by atomic mass is 35.5. The van der Waals surface area contributed by atoms with Crippen molar-refractivity contribution in [3.05, 3.63) is 89.4 Å². The molecule has 0 bridgehead atoms. The minimum atomic E-state index is -0.104. The molecule has 4 aromatic rings. The zero-order chi connectivity index (χ0) is 22.3. The van der Waals surface area contributed by atoms with E-state index in [-0.39, 0.29) is 11.7 Å². The molecule has 6 nitrogen and oxygen atoms in total. The summed E-state index contributed by atoms with van der Waals surface area (Å²) in [6, 6.07) is 24.9. The van der Waals surface area contributed by atoms with Gasteiger partial charge in [-0.2, -0.15) is 0 Å². The molecule has 0 aliphatic heterocycles. The van der Waals surface area contributed by atoms with Crippen molar-refractivity contribution >= 4 is 29.3 Å². The molecule has 0 aliphatic carbocycles. The fourth-order valence-electron chi connectivity index (χ4n) is 3.18. The maximum absolute atomic E-state index is 12.5. The molecule has 0 saturated carbocycles. The fourth-order valence-corrected chi connectivity index (χ4v) is 4.09. The zero-order valence-corrected chi connectivity index (χ0v) is 18.9. The predicted molar refractivity (Wildman–Crippen MR) is 127 cm³/mol. The maximum Gasteiger partial charge on any atom is 0.230 e. The minimum absolute atomic E-state index is 0.104. The number of benzene rings is 3. The molecule has 8 heteroatoms. The first-order valence-electron chi connectivity index (χ1n) is 9.94. The van der Waals surface area contributed by atoms with Gasteiger partial charge in [0.05, 0.1) is 12.9 Å². The van der Waals surface area contributed by atoms with E-state index >= 15 is 0 Å². The number of para-hydroxylation sites is 1. The van der Waals surface area contributed by atoms with Gasteiger partial charge >= 0.3 is 0 Å². The van der Waals surface area contributed by atoms with Crippen molar-refractivity contribution in [1.82, 2.24) is 20.1 Å². The number of aromatic nitrogens is 3. The molecule has 0 radical (unpaired) electrons. The van der Waals surface area contributed by atoms with Crippen molar-refractivity contribution in [1.29, 1.82) is 0 Å². The molecule has 0 fully saturated rings. The Morgan fingerprint density at radius 2 is 1.72 bits per heavy atom. The summed E-state index contributed by atoms with van der Waals surface area (Å²) in [4.78, 5) is 12.5. The fraction of sp³-hybridized carbons (Fsp3) is 0.125. The van der Waals surface area contributed by atoms with E-state index in [2.05, 4.69) is 15.5 Å². The van der Waals surface area contributed by atoms with E-state index in [1.54, 1.807) is 7.11 Å². The number of ether oxygens (including phenoxy) is 1. The van der Waals surface area contributed by atoms with Crippen LogP contribution in [0.15, 0.2) is 84.0 Å². The third-order valence-corrected chi connectivity index (χ3v) is 5.93. The minimum Gasteiger partial charge on any atom is -0.496 e. The lowest BCUT2D eigenvalue weighted by Gasteiger charge is -2.11. The van der Waals surface area contributed by atoms with Crippen LogP contribution in [0.25, 0.3) is 17.1 Å². The molecule has 0 saturated heterocycles. The molecule has 0 aliphatic rings. The Hall–Kier alpha value is -3.29. The standard InChI is InChI=1S/C24H21ClN4O2S/c1-31-21-10-6-5-9-18(21)15-26-22(30)16-32-24-28-27-23(17-7-3-2-4-8-17)29(24)20-13-11-19(25)12-14-20/h2-14H,15-16H2,1H3,(H,26,30). The quantitative estimate of drug-likeness (QED) is 0.371. The molecular formula is C24H21ClN4O2S. The molecule has 4 rings (SSSR count). The number of hydrogen-bond acceptors (Lipinski definition) is 5. The van der Waals surface area contributed by atoms with Crippen molar-refractivity contribution in [2.45, 2.75) is 11.7 Å². The Bertz CT molecular complexity index is 1200. The van der Waals surface area contributed by atoms with Crippen LogP contribution in [0, 0.1) is 0 Å². The van der Waals surface area contributed by atoms with E-state index in [0.717, 1.165) is 22.6 Å². The van der Waals surface area contributed by atoms with E-state index in [4.69, 9.17) is 16.3 Å². The van der Waals surface area contributed by atoms with E-state index in [9.17, 15) is 4.79 Å². The second-order valence-corrected chi connectivity index (χ2v) is 8.24. The first-order valence-corrected chi connectivity index (χ1v) is 11.3. The Labute approximate surface area is 195 Å². The lowest BCUT2D eigenvalue weighted by atomic mass is 10.2. The predicted octanol–water partition coefficient (Wildman–Crippen LogP) is 5.00. The van der Waals surface area contributed by atoms with Crippen molar-refractivity contribution in [2.24, 2.45) is 0 Å². The topological polar surface area (TPSA) is 69.0 Å². The lowest BCUT2D eigenvalue weighted by Crippen LogP contribution is -2.25. The van der Waals surface area contributed by atoms with Gasteiger partial charge < -0.3 is 10.1 Å². The van der Waals surface area contributed by atoms with Gasteiger partial charge in [0.1, 0.15) is 5.75 Å². The summed E-state index contributed by atoms with van der Waals surface area (Å²) in [5.74, 6) is 1.54. The summed E-state index contributed by atoms with van der Waals surface area (Å²) in [6.45, 7) is 0.391. The van der Waals surface area contributed by atoms with Gasteiger partial charge in [-0.15, -0.1) is 10.2 Å². The number of hydrogen-bond donors (Lipinski definition) is 1. The van der Waals surface area contributed by atoms with Gasteiger partial charge in [0.2, 0.25) is 5.91 Å². The average Bonchev–Trinajstić information content (AvgIpc) is 3.26. The van der Waals surface area contributed by atoms with E-state index in [1.807, 2.05) is 83.4 Å². The summed E-state index contributed by atoms with van der Waals surface area (Å²) in [6.07, 6.45) is 0. The molecule has 0 unspecified atom stereocenters. The molecule has 0 atom stereocenters. The van der Waals surface area contributed by atoms with Crippen molar-refractivity contribution in [3.8, 4) is 22.8 Å². The number of nitrogens with zero attached hydrogens (tertiary/aromatic N) is 3. The van der Waals surface area contributed by atoms with Gasteiger partial charge in [0, 0.05) is 28.4 Å². The molecule has 32 heavy (non-hydrogen) atoms. The SMILES string of the molecule is COc1ccccc1CNC(=O)CSc1nnc(-c2ccccc2)n1-c1ccc(Cl)cc1. The van der Waals surface area contributed by atoms with Crippen molar-refractivity contribution < 1.29 is 9.53 Å². The van der Waals surface area contributed by atoms with Gasteiger partial charge in [-0.05, 0) is 30.3 Å². The number of carbonyl (C=O) groups excluding carboxylic acids is 1. The second kappa shape index (κ2) is 10.3. The van der Waals surface area contributed by atoms with E-state index in [0.29, 0.717) is 22.5 Å². The average molecular weight is 465 g/mol. The first kappa shape index (κ1) is 21.9. The summed E-state index contributed by atoms with van der Waals surface area (Å²) in [5.41, 5.74) is 2.72. The number of carbonyl (C=O) groups is 1. The number of halogens is 1. The molecule has 3 aromatic carbocycles. The van der Waals surface area contributed by atoms with E-state index < -0.39 is 0 Å². The van der Waals surface area contributed by atoms with Crippen LogP contribution in [0.4, 0.5) is 0 Å². The Morgan fingerprint density at radius 1 is 1.00 bits per heavy atom. The van der Waals surface area contributed by atoms with Gasteiger partial charge in [-0.1, -0.05) is 71.9 Å². The van der Waals surface area contributed by atoms with Crippen LogP contribution >= 0.6 is 23.4 Å². The number of thioether (sulfide) groups is 1. The third-order valence-electron chi connectivity index (χ3n) is 4.75. The van der Waals surface area contributed by atoms with Gasteiger partial charge in [-0.25, -0.2) is 0 Å². The monoisotopic (exact) mass is 464 g/mol. The van der Waals surface area contributed by atoms with Crippen molar-refractivity contribution in [2.75, 3.05) is 12.9 Å². The van der Waals surface area contributed by atoms with Crippen LogP contribution in [0.1, 0.15) is 5.56 Å². The summed E-state index contributed by atoms with van der Waals surface area (Å²) < 4.78 is 7.27. The first-order chi connectivity index (χ1) is 15.7. The highest BCUT2D eigenvalue weighted by Crippen LogP contribution is 2.28. The normalized spacial score (nSPS) is 10.7. The Balaban J connectivity index is 1.51. The maximum atomic E-state index is 12.5. The van der Waals surface area contributed by atoms with Crippen LogP contribution in [0.3, 0.4) is 0 Å². The van der Waals surface area contributed by atoms with Crippen molar-refractivity contribution in [3.63, 3.8) is 0 Å². The smallest absolute Gasteiger partial charge is 0.230 e. The molecule has 1 amide bonds. The number of methoxy groups -OCH3 is 1. The number of amides is 1. The van der Waals surface area contributed by atoms with Gasteiger partial charge in [-0.3, -0.25) is 9.36 Å². The van der Waals surface area contributed by atoms with E-state index in [1.165, 1.54) is 11.8 Å². The van der Waals surface area contributed by atoms with Crippen LogP contribution in [0.5, 0.6) is 5.75 Å². The van der Waals surface area contributed by atoms with Crippen LogP contribution in [-0.4, -0.2) is 33.5 Å². The highest BCUT2D eigenvalue weighted by Gasteiger charge is 2.17. The molecule has 1 heterocycles. The largest absolute Gasteiger partial charge is 0.496 e.